The molecule has 2 aliphatic heterocycles. The summed E-state index contributed by atoms with van der Waals surface area (Å²) in [4.78, 5) is 15.9. The molecule has 158 valence electrons. The highest BCUT2D eigenvalue weighted by Gasteiger charge is 2.53. The van der Waals surface area contributed by atoms with E-state index in [0.717, 1.165) is 17.5 Å². The van der Waals surface area contributed by atoms with Gasteiger partial charge in [-0.05, 0) is 13.8 Å². The van der Waals surface area contributed by atoms with Crippen LogP contribution in [0.5, 0.6) is 0 Å². The molecule has 28 heavy (non-hydrogen) atoms. The molecule has 1 amide bonds. The van der Waals surface area contributed by atoms with Crippen LogP contribution in [0.25, 0.3) is 0 Å². The number of hydrogen-bond acceptors (Lipinski definition) is 5. The van der Waals surface area contributed by atoms with Crippen LogP contribution >= 0.6 is 0 Å². The third kappa shape index (κ3) is 4.20. The summed E-state index contributed by atoms with van der Waals surface area (Å²) in [5, 5.41) is 4.34. The molecule has 2 aliphatic rings. The van der Waals surface area contributed by atoms with Gasteiger partial charge in [0.25, 0.3) is 5.92 Å². The number of likely N-dealkylation sites (tertiary alicyclic amines) is 1. The summed E-state index contributed by atoms with van der Waals surface area (Å²) in [7, 11) is -1.74. The number of carbonyl (C=O) groups excluding carboxylic acids is 1. The second-order valence-corrected chi connectivity index (χ2v) is 9.75. The number of aromatic nitrogens is 2. The van der Waals surface area contributed by atoms with Gasteiger partial charge in [-0.25, -0.2) is 17.2 Å². The van der Waals surface area contributed by atoms with Crippen molar-refractivity contribution in [2.24, 2.45) is 0 Å². The first-order chi connectivity index (χ1) is 12.9. The van der Waals surface area contributed by atoms with Crippen LogP contribution in [0, 0.1) is 6.92 Å². The number of hydrogen-bond donors (Lipinski definition) is 0. The molecule has 0 spiro atoms. The van der Waals surface area contributed by atoms with Gasteiger partial charge < -0.3 is 4.90 Å². The van der Waals surface area contributed by atoms with Crippen molar-refractivity contribution in [2.75, 3.05) is 32.9 Å². The highest BCUT2D eigenvalue weighted by atomic mass is 32.2. The van der Waals surface area contributed by atoms with Gasteiger partial charge in [0.1, 0.15) is 0 Å². The van der Waals surface area contributed by atoms with Crippen LogP contribution in [0.3, 0.4) is 0 Å². The van der Waals surface area contributed by atoms with Crippen LogP contribution in [-0.2, 0) is 27.9 Å². The van der Waals surface area contributed by atoms with Gasteiger partial charge in [0.15, 0.2) is 0 Å². The minimum absolute atomic E-state index is 0.144. The minimum atomic E-state index is -3.34. The second kappa shape index (κ2) is 7.34. The van der Waals surface area contributed by atoms with Crippen molar-refractivity contribution in [2.45, 2.75) is 51.4 Å². The first-order valence-electron chi connectivity index (χ1n) is 9.28. The number of aryl methyl sites for hydroxylation is 2. The van der Waals surface area contributed by atoms with Crippen molar-refractivity contribution < 1.29 is 22.0 Å². The average molecular weight is 419 g/mol. The van der Waals surface area contributed by atoms with Crippen molar-refractivity contribution in [3.63, 3.8) is 0 Å². The monoisotopic (exact) mass is 419 g/mol. The molecule has 0 unspecified atom stereocenters. The van der Waals surface area contributed by atoms with Crippen molar-refractivity contribution in [3.8, 4) is 0 Å². The van der Waals surface area contributed by atoms with E-state index in [9.17, 15) is 22.0 Å². The third-order valence-corrected chi connectivity index (χ3v) is 6.75. The van der Waals surface area contributed by atoms with E-state index >= 15 is 0 Å². The zero-order chi connectivity index (χ0) is 20.9. The second-order valence-electron chi connectivity index (χ2n) is 7.77. The Bertz CT molecular complexity index is 851. The number of alkyl halides is 2. The quantitative estimate of drug-likeness (QED) is 0.672. The van der Waals surface area contributed by atoms with Crippen LogP contribution < -0.4 is 0 Å². The maximum absolute atomic E-state index is 14.1. The maximum atomic E-state index is 14.1. The van der Waals surface area contributed by atoms with E-state index in [4.69, 9.17) is 0 Å². The number of amides is 1. The number of rotatable bonds is 6. The molecule has 0 bridgehead atoms. The highest BCUT2D eigenvalue weighted by Crippen LogP contribution is 2.36. The summed E-state index contributed by atoms with van der Waals surface area (Å²) >= 11 is 0. The maximum Gasteiger partial charge on any atom is 0.262 e. The zero-order valence-corrected chi connectivity index (χ0v) is 17.4. The molecule has 8 nitrogen and oxygen atoms in total. The van der Waals surface area contributed by atoms with Crippen molar-refractivity contribution in [3.05, 3.63) is 17.5 Å². The van der Waals surface area contributed by atoms with Gasteiger partial charge in [-0.2, -0.15) is 9.40 Å². The van der Waals surface area contributed by atoms with Gasteiger partial charge in [-0.15, -0.1) is 0 Å². The Balaban J connectivity index is 1.70. The van der Waals surface area contributed by atoms with E-state index in [1.54, 1.807) is 11.7 Å². The van der Waals surface area contributed by atoms with Gasteiger partial charge in [-0.3, -0.25) is 14.4 Å². The van der Waals surface area contributed by atoms with Crippen LogP contribution in [0.15, 0.2) is 6.20 Å². The summed E-state index contributed by atoms with van der Waals surface area (Å²) < 4.78 is 54.3. The summed E-state index contributed by atoms with van der Waals surface area (Å²) in [5.41, 5.74) is 1.68. The Labute approximate surface area is 164 Å². The molecule has 1 atom stereocenters. The molecule has 0 radical (unpaired) electrons. The van der Waals surface area contributed by atoms with E-state index < -0.39 is 35.0 Å². The number of sulfonamides is 1. The van der Waals surface area contributed by atoms with Crippen molar-refractivity contribution in [1.29, 1.82) is 0 Å². The Morgan fingerprint density at radius 1 is 1.39 bits per heavy atom. The van der Waals surface area contributed by atoms with Crippen LogP contribution in [0.4, 0.5) is 8.78 Å². The van der Waals surface area contributed by atoms with Crippen LogP contribution in [-0.4, -0.2) is 89.2 Å². The number of likely N-dealkylation sites (N-methyl/N-ethyl adjacent to an activating group) is 1. The molecule has 3 heterocycles. The van der Waals surface area contributed by atoms with Gasteiger partial charge >= 0.3 is 0 Å². The average Bonchev–Trinajstić information content (AvgIpc) is 3.03. The Morgan fingerprint density at radius 2 is 2.04 bits per heavy atom. The molecule has 3 rings (SSSR count). The fourth-order valence-electron chi connectivity index (χ4n) is 3.82. The molecule has 0 aromatic carbocycles. The molecule has 0 saturated carbocycles. The molecule has 1 aromatic rings. The summed E-state index contributed by atoms with van der Waals surface area (Å²) in [5.74, 6) is -3.34. The van der Waals surface area contributed by atoms with E-state index in [0.29, 0.717) is 13.1 Å². The van der Waals surface area contributed by atoms with Gasteiger partial charge in [0.2, 0.25) is 15.9 Å². The Hall–Kier alpha value is -1.59. The fourth-order valence-corrected chi connectivity index (χ4v) is 4.70. The number of nitrogens with zero attached hydrogens (tertiary/aromatic N) is 5. The molecule has 11 heteroatoms. The predicted molar refractivity (Wildman–Crippen MR) is 99.4 cm³/mol. The lowest BCUT2D eigenvalue weighted by molar-refractivity contribution is -0.136. The first kappa shape index (κ1) is 21.1. The first-order valence-corrected chi connectivity index (χ1v) is 11.1. The minimum Gasteiger partial charge on any atom is -0.340 e. The highest BCUT2D eigenvalue weighted by molar-refractivity contribution is 7.88. The lowest BCUT2D eigenvalue weighted by Crippen LogP contribution is -2.63. The molecule has 0 aliphatic carbocycles. The summed E-state index contributed by atoms with van der Waals surface area (Å²) in [6, 6.07) is -1.32. The lowest BCUT2D eigenvalue weighted by atomic mass is 10.1. The third-order valence-electron chi connectivity index (χ3n) is 5.51. The fraction of sp³-hybridized carbons (Fsp3) is 0.765. The van der Waals surface area contributed by atoms with Gasteiger partial charge in [0, 0.05) is 57.4 Å². The van der Waals surface area contributed by atoms with Crippen LogP contribution in [0.1, 0.15) is 24.6 Å². The molecule has 1 aromatic heterocycles. The SMILES string of the molecule is CCn1cc(CN(C)C(=O)[C@@H]2CC(F)(F)CN2C2CN(S(C)(=O)=O)C2)c(C)n1. The summed E-state index contributed by atoms with van der Waals surface area (Å²) in [6.45, 7) is 4.58. The van der Waals surface area contributed by atoms with Crippen LogP contribution in [0.2, 0.25) is 0 Å². The summed E-state index contributed by atoms with van der Waals surface area (Å²) in [6.07, 6.45) is 2.41. The van der Waals surface area contributed by atoms with E-state index in [-0.39, 0.29) is 25.0 Å². The van der Waals surface area contributed by atoms with Crippen molar-refractivity contribution in [1.82, 2.24) is 23.9 Å². The number of halogens is 2. The van der Waals surface area contributed by atoms with E-state index in [1.807, 2.05) is 20.0 Å². The molecule has 0 N–H and O–H groups in total. The largest absolute Gasteiger partial charge is 0.340 e. The van der Waals surface area contributed by atoms with E-state index in [1.165, 1.54) is 14.1 Å². The molecular formula is C17H27F2N5O3S. The zero-order valence-electron chi connectivity index (χ0n) is 16.6. The molecule has 2 saturated heterocycles. The van der Waals surface area contributed by atoms with Gasteiger partial charge in [-0.1, -0.05) is 0 Å². The standard InChI is InChI=1S/C17H27F2N5O3S/c1-5-22-8-13(12(2)20-22)7-21(3)16(25)15-6-17(18,19)11-24(15)14-9-23(10-14)28(4,26)27/h8,14-15H,5-7,9-11H2,1-4H3/t15-/m0/s1. The normalized spacial score (nSPS) is 23.7. The lowest BCUT2D eigenvalue weighted by Gasteiger charge is -2.44. The predicted octanol–water partition coefficient (Wildman–Crippen LogP) is 0.523. The van der Waals surface area contributed by atoms with E-state index in [2.05, 4.69) is 5.10 Å². The topological polar surface area (TPSA) is 78.8 Å². The Kier molecular flexibility index (Phi) is 5.54. The number of carbonyl (C=O) groups is 1. The van der Waals surface area contributed by atoms with Gasteiger partial charge in [0.05, 0.1) is 24.5 Å². The van der Waals surface area contributed by atoms with Crippen molar-refractivity contribution >= 4 is 15.9 Å². The Morgan fingerprint density at radius 3 is 2.57 bits per heavy atom. The molecular weight excluding hydrogens is 392 g/mol. The molecule has 2 fully saturated rings. The smallest absolute Gasteiger partial charge is 0.262 e.